The number of carbonyl (C=O) groups is 1. The third kappa shape index (κ3) is 4.02. The molecule has 7 nitrogen and oxygen atoms in total. The van der Waals surface area contributed by atoms with Gasteiger partial charge in [0.2, 0.25) is 0 Å². The number of fused-ring (bicyclic) bond motifs is 1. The molecule has 7 heteroatoms. The van der Waals surface area contributed by atoms with Crippen molar-refractivity contribution in [2.75, 3.05) is 19.5 Å². The van der Waals surface area contributed by atoms with Crippen LogP contribution in [0.25, 0.3) is 22.2 Å². The van der Waals surface area contributed by atoms with Crippen LogP contribution in [0.1, 0.15) is 36.2 Å². The Hall–Kier alpha value is -3.87. The molecule has 0 radical (unpaired) electrons. The number of carbonyl (C=O) groups excluding carboxylic acids is 1. The van der Waals surface area contributed by atoms with E-state index in [2.05, 4.69) is 17.3 Å². The van der Waals surface area contributed by atoms with Crippen molar-refractivity contribution in [2.24, 2.45) is 5.92 Å². The molecular formula is C26H26N4O3. The fourth-order valence-electron chi connectivity index (χ4n) is 4.21. The van der Waals surface area contributed by atoms with E-state index < -0.39 is 0 Å². The van der Waals surface area contributed by atoms with Crippen LogP contribution in [-0.4, -0.2) is 34.9 Å². The van der Waals surface area contributed by atoms with Crippen LogP contribution in [0.15, 0.2) is 60.8 Å². The maximum Gasteiger partial charge on any atom is 0.257 e. The Morgan fingerprint density at radius 1 is 1.06 bits per heavy atom. The number of benzene rings is 2. The lowest BCUT2D eigenvalue weighted by Gasteiger charge is -2.16. The van der Waals surface area contributed by atoms with Gasteiger partial charge >= 0.3 is 0 Å². The number of aromatic nitrogens is 3. The van der Waals surface area contributed by atoms with Gasteiger partial charge in [-0.15, -0.1) is 0 Å². The molecule has 0 aliphatic heterocycles. The fraction of sp³-hybridized carbons (Fsp3) is 0.269. The summed E-state index contributed by atoms with van der Waals surface area (Å²) in [7, 11) is 3.20. The third-order valence-electron chi connectivity index (χ3n) is 6.24. The second-order valence-electron chi connectivity index (χ2n) is 8.34. The summed E-state index contributed by atoms with van der Waals surface area (Å²) in [5.74, 6) is 2.37. The molecule has 1 atom stereocenters. The number of methoxy groups -OCH3 is 2. The van der Waals surface area contributed by atoms with Gasteiger partial charge in [-0.05, 0) is 56.0 Å². The number of nitrogens with one attached hydrogen (secondary N) is 1. The molecule has 1 unspecified atom stereocenters. The van der Waals surface area contributed by atoms with E-state index in [0.717, 1.165) is 16.5 Å². The van der Waals surface area contributed by atoms with Gasteiger partial charge in [-0.3, -0.25) is 4.79 Å². The molecule has 2 aromatic heterocycles. The second-order valence-corrected chi connectivity index (χ2v) is 8.34. The number of pyridine rings is 1. The van der Waals surface area contributed by atoms with E-state index in [-0.39, 0.29) is 11.9 Å². The summed E-state index contributed by atoms with van der Waals surface area (Å²) in [6.07, 6.45) is 4.14. The zero-order chi connectivity index (χ0) is 22.9. The van der Waals surface area contributed by atoms with Gasteiger partial charge in [0.1, 0.15) is 5.82 Å². The minimum Gasteiger partial charge on any atom is -0.493 e. The molecular weight excluding hydrogens is 416 g/mol. The molecule has 33 heavy (non-hydrogen) atoms. The van der Waals surface area contributed by atoms with Crippen LogP contribution in [0.4, 0.5) is 5.82 Å². The van der Waals surface area contributed by atoms with Crippen LogP contribution < -0.4 is 14.8 Å². The predicted molar refractivity (Wildman–Crippen MR) is 128 cm³/mol. The first-order valence-corrected chi connectivity index (χ1v) is 11.1. The molecule has 0 spiro atoms. The molecule has 1 amide bonds. The average Bonchev–Trinajstić information content (AvgIpc) is 3.61. The van der Waals surface area contributed by atoms with Crippen molar-refractivity contribution >= 4 is 22.6 Å². The highest BCUT2D eigenvalue weighted by molar-refractivity contribution is 6.12. The van der Waals surface area contributed by atoms with Gasteiger partial charge in [-0.2, -0.15) is 5.10 Å². The molecule has 2 aromatic carbocycles. The van der Waals surface area contributed by atoms with Crippen molar-refractivity contribution in [1.29, 1.82) is 0 Å². The Morgan fingerprint density at radius 2 is 1.85 bits per heavy atom. The average molecular weight is 443 g/mol. The lowest BCUT2D eigenvalue weighted by atomic mass is 10.0. The third-order valence-corrected chi connectivity index (χ3v) is 6.24. The first kappa shape index (κ1) is 21.0. The van der Waals surface area contributed by atoms with E-state index in [0.29, 0.717) is 34.5 Å². The quantitative estimate of drug-likeness (QED) is 0.418. The van der Waals surface area contributed by atoms with Crippen LogP contribution in [-0.2, 0) is 0 Å². The highest BCUT2D eigenvalue weighted by atomic mass is 16.5. The Balaban J connectivity index is 1.54. The number of para-hydroxylation sites is 1. The maximum absolute atomic E-state index is 13.5. The lowest BCUT2D eigenvalue weighted by Crippen LogP contribution is -2.19. The molecule has 5 rings (SSSR count). The summed E-state index contributed by atoms with van der Waals surface area (Å²) in [5.41, 5.74) is 2.81. The van der Waals surface area contributed by atoms with Crippen molar-refractivity contribution < 1.29 is 14.3 Å². The van der Waals surface area contributed by atoms with Crippen LogP contribution in [0.3, 0.4) is 0 Å². The monoisotopic (exact) mass is 442 g/mol. The Bertz CT molecular complexity index is 1330. The summed E-state index contributed by atoms with van der Waals surface area (Å²) in [4.78, 5) is 18.3. The Morgan fingerprint density at radius 3 is 2.61 bits per heavy atom. The van der Waals surface area contributed by atoms with Crippen LogP contribution in [0.5, 0.6) is 11.5 Å². The zero-order valence-corrected chi connectivity index (χ0v) is 18.9. The topological polar surface area (TPSA) is 78.3 Å². The van der Waals surface area contributed by atoms with E-state index in [4.69, 9.17) is 14.5 Å². The van der Waals surface area contributed by atoms with Crippen molar-refractivity contribution in [3.05, 3.63) is 66.4 Å². The Labute approximate surface area is 192 Å². The van der Waals surface area contributed by atoms with Gasteiger partial charge in [-0.25, -0.2) is 9.67 Å². The largest absolute Gasteiger partial charge is 0.493 e. The molecule has 1 saturated carbocycles. The fourth-order valence-corrected chi connectivity index (χ4v) is 4.21. The van der Waals surface area contributed by atoms with E-state index in [9.17, 15) is 4.79 Å². The van der Waals surface area contributed by atoms with Gasteiger partial charge in [0, 0.05) is 17.0 Å². The van der Waals surface area contributed by atoms with Crippen molar-refractivity contribution in [2.45, 2.75) is 25.8 Å². The van der Waals surface area contributed by atoms with Crippen molar-refractivity contribution in [3.63, 3.8) is 0 Å². The minimum absolute atomic E-state index is 0.194. The summed E-state index contributed by atoms with van der Waals surface area (Å²) >= 11 is 0. The molecule has 1 aliphatic carbocycles. The summed E-state index contributed by atoms with van der Waals surface area (Å²) in [5, 5.41) is 8.31. The molecule has 1 aliphatic rings. The summed E-state index contributed by atoms with van der Waals surface area (Å²) in [6.45, 7) is 2.15. The van der Waals surface area contributed by atoms with E-state index in [1.165, 1.54) is 12.8 Å². The number of rotatable bonds is 7. The smallest absolute Gasteiger partial charge is 0.257 e. The molecule has 0 bridgehead atoms. The summed E-state index contributed by atoms with van der Waals surface area (Å²) in [6, 6.07) is 17.2. The van der Waals surface area contributed by atoms with Crippen LogP contribution in [0.2, 0.25) is 0 Å². The van der Waals surface area contributed by atoms with Gasteiger partial charge in [0.25, 0.3) is 5.91 Å². The molecule has 4 aromatic rings. The number of amides is 1. The van der Waals surface area contributed by atoms with E-state index in [1.54, 1.807) is 20.4 Å². The van der Waals surface area contributed by atoms with Gasteiger partial charge in [0.15, 0.2) is 11.5 Å². The number of hydrogen-bond donors (Lipinski definition) is 1. The second kappa shape index (κ2) is 8.58. The summed E-state index contributed by atoms with van der Waals surface area (Å²) < 4.78 is 12.7. The lowest BCUT2D eigenvalue weighted by molar-refractivity contribution is 0.102. The van der Waals surface area contributed by atoms with Crippen LogP contribution in [0, 0.1) is 5.92 Å². The number of ether oxygens (including phenoxy) is 2. The normalized spacial score (nSPS) is 14.2. The molecule has 1 N–H and O–H groups in total. The number of nitrogens with zero attached hydrogens (tertiary/aromatic N) is 3. The first-order valence-electron chi connectivity index (χ1n) is 11.1. The van der Waals surface area contributed by atoms with Crippen molar-refractivity contribution in [1.82, 2.24) is 14.8 Å². The Kier molecular flexibility index (Phi) is 5.46. The number of hydrogen-bond acceptors (Lipinski definition) is 5. The molecule has 2 heterocycles. The first-order chi connectivity index (χ1) is 16.1. The van der Waals surface area contributed by atoms with Crippen molar-refractivity contribution in [3.8, 4) is 22.8 Å². The standard InChI is InChI=1S/C26H26N4O3/c1-16(17-8-9-17)30-25(12-13-27-30)29-26(31)20-15-22(28-21-7-5-4-6-19(20)21)18-10-11-23(32-2)24(14-18)33-3/h4-7,10-17H,8-9H2,1-3H3,(H,29,31). The number of anilines is 1. The minimum atomic E-state index is -0.194. The molecule has 168 valence electrons. The van der Waals surface area contributed by atoms with Gasteiger partial charge < -0.3 is 14.8 Å². The highest BCUT2D eigenvalue weighted by Crippen LogP contribution is 2.40. The zero-order valence-electron chi connectivity index (χ0n) is 18.9. The van der Waals surface area contributed by atoms with Gasteiger partial charge in [0.05, 0.1) is 43.2 Å². The molecule has 0 saturated heterocycles. The van der Waals surface area contributed by atoms with E-state index >= 15 is 0 Å². The molecule has 1 fully saturated rings. The highest BCUT2D eigenvalue weighted by Gasteiger charge is 2.31. The maximum atomic E-state index is 13.5. The van der Waals surface area contributed by atoms with E-state index in [1.807, 2.05) is 59.3 Å². The van der Waals surface area contributed by atoms with Gasteiger partial charge in [-0.1, -0.05) is 18.2 Å². The predicted octanol–water partition coefficient (Wildman–Crippen LogP) is 5.34. The van der Waals surface area contributed by atoms with Crippen LogP contribution >= 0.6 is 0 Å². The SMILES string of the molecule is COc1ccc(-c2cc(C(=O)Nc3ccnn3C(C)C3CC3)c3ccccc3n2)cc1OC.